The van der Waals surface area contributed by atoms with Crippen molar-refractivity contribution in [3.63, 3.8) is 0 Å². The van der Waals surface area contributed by atoms with Crippen LogP contribution in [0.3, 0.4) is 0 Å². The van der Waals surface area contributed by atoms with Crippen LogP contribution < -0.4 is 10.1 Å². The fourth-order valence-electron chi connectivity index (χ4n) is 4.61. The first-order valence-electron chi connectivity index (χ1n) is 12.4. The monoisotopic (exact) mass is 541 g/mol. The van der Waals surface area contributed by atoms with Crippen LogP contribution in [-0.4, -0.2) is 30.3 Å². The Morgan fingerprint density at radius 2 is 1.54 bits per heavy atom. The van der Waals surface area contributed by atoms with Crippen molar-refractivity contribution in [3.8, 4) is 22.6 Å². The summed E-state index contributed by atoms with van der Waals surface area (Å²) in [7, 11) is 1.27. The van der Waals surface area contributed by atoms with E-state index >= 15 is 0 Å². The highest BCUT2D eigenvalue weighted by molar-refractivity contribution is 5.86. The molecule has 4 rings (SSSR count). The van der Waals surface area contributed by atoms with Gasteiger partial charge in [-0.1, -0.05) is 30.3 Å². The molecule has 0 heterocycles. The average molecular weight is 542 g/mol. The number of hydrogen-bond acceptors (Lipinski definition) is 5. The zero-order valence-corrected chi connectivity index (χ0v) is 22.1. The summed E-state index contributed by atoms with van der Waals surface area (Å²) < 4.78 is 56.0. The number of fused-ring (bicyclic) bond motifs is 1. The topological polar surface area (TPSA) is 73.9 Å². The summed E-state index contributed by atoms with van der Waals surface area (Å²) in [5.41, 5.74) is 0.0264. The van der Waals surface area contributed by atoms with E-state index in [0.29, 0.717) is 35.5 Å². The van der Waals surface area contributed by atoms with Crippen LogP contribution in [-0.2, 0) is 33.3 Å². The number of carbonyl (C=O) groups is 2. The molecule has 1 aliphatic carbocycles. The van der Waals surface area contributed by atoms with E-state index in [9.17, 15) is 22.8 Å². The van der Waals surface area contributed by atoms with E-state index in [1.54, 1.807) is 63.2 Å². The highest BCUT2D eigenvalue weighted by Crippen LogP contribution is 2.36. The van der Waals surface area contributed by atoms with Crippen molar-refractivity contribution in [2.24, 2.45) is 0 Å². The summed E-state index contributed by atoms with van der Waals surface area (Å²) in [4.78, 5) is 25.4. The second-order valence-corrected chi connectivity index (χ2v) is 10.5. The van der Waals surface area contributed by atoms with Gasteiger partial charge in [0.1, 0.15) is 22.6 Å². The second kappa shape index (κ2) is 10.6. The lowest BCUT2D eigenvalue weighted by Crippen LogP contribution is -2.59. The van der Waals surface area contributed by atoms with Gasteiger partial charge in [0, 0.05) is 6.42 Å². The molecule has 39 heavy (non-hydrogen) atoms. The van der Waals surface area contributed by atoms with Gasteiger partial charge in [-0.25, -0.2) is 9.59 Å². The summed E-state index contributed by atoms with van der Waals surface area (Å²) >= 11 is 0. The van der Waals surface area contributed by atoms with E-state index in [-0.39, 0.29) is 6.42 Å². The maximum atomic E-state index is 13.2. The summed E-state index contributed by atoms with van der Waals surface area (Å²) in [6, 6.07) is 17.4. The number of hydrogen-bond donors (Lipinski definition) is 1. The Labute approximate surface area is 225 Å². The minimum absolute atomic E-state index is 0.176. The zero-order valence-electron chi connectivity index (χ0n) is 22.1. The van der Waals surface area contributed by atoms with Crippen molar-refractivity contribution < 1.29 is 37.0 Å². The number of amides is 1. The van der Waals surface area contributed by atoms with Crippen molar-refractivity contribution in [3.05, 3.63) is 83.4 Å². The van der Waals surface area contributed by atoms with E-state index in [2.05, 4.69) is 5.32 Å². The van der Waals surface area contributed by atoms with Gasteiger partial charge in [0.15, 0.2) is 0 Å². The minimum Gasteiger partial charge on any atom is -0.467 e. The molecule has 6 nitrogen and oxygen atoms in total. The molecule has 1 amide bonds. The van der Waals surface area contributed by atoms with Crippen molar-refractivity contribution in [2.45, 2.75) is 57.3 Å². The predicted molar refractivity (Wildman–Crippen MR) is 140 cm³/mol. The SMILES string of the molecule is COC(=O)C1(NC(=O)OC(C)(C)C)CCc2ccc(Oc3cccc(-c4cccc(C(F)(F)F)c4)c3)cc2C1. The Morgan fingerprint density at radius 3 is 2.21 bits per heavy atom. The summed E-state index contributed by atoms with van der Waals surface area (Å²) in [5, 5.41) is 2.73. The van der Waals surface area contributed by atoms with Gasteiger partial charge in [-0.3, -0.25) is 0 Å². The molecule has 9 heteroatoms. The molecule has 1 atom stereocenters. The van der Waals surface area contributed by atoms with Gasteiger partial charge in [-0.15, -0.1) is 0 Å². The number of methoxy groups -OCH3 is 1. The Kier molecular flexibility index (Phi) is 7.63. The predicted octanol–water partition coefficient (Wildman–Crippen LogP) is 7.09. The van der Waals surface area contributed by atoms with Crippen LogP contribution in [0.2, 0.25) is 0 Å². The lowest BCUT2D eigenvalue weighted by Gasteiger charge is -2.36. The van der Waals surface area contributed by atoms with Gasteiger partial charge < -0.3 is 19.5 Å². The molecule has 0 radical (unpaired) electrons. The molecular weight excluding hydrogens is 511 g/mol. The first-order valence-corrected chi connectivity index (χ1v) is 12.4. The number of nitrogens with one attached hydrogen (secondary N) is 1. The molecule has 3 aromatic rings. The zero-order chi connectivity index (χ0) is 28.4. The molecule has 0 aromatic heterocycles. The summed E-state index contributed by atoms with van der Waals surface area (Å²) in [5.74, 6) is 0.346. The Bertz CT molecular complexity index is 1380. The van der Waals surface area contributed by atoms with Gasteiger partial charge in [-0.05, 0) is 92.3 Å². The van der Waals surface area contributed by atoms with Crippen LogP contribution in [0.5, 0.6) is 11.5 Å². The third kappa shape index (κ3) is 6.71. The number of alkyl halides is 3. The first kappa shape index (κ1) is 28.0. The number of halogens is 3. The number of rotatable bonds is 5. The van der Waals surface area contributed by atoms with E-state index < -0.39 is 34.9 Å². The molecule has 0 saturated carbocycles. The molecule has 0 bridgehead atoms. The van der Waals surface area contributed by atoms with Gasteiger partial charge in [0.25, 0.3) is 0 Å². The van der Waals surface area contributed by atoms with Crippen molar-refractivity contribution in [2.75, 3.05) is 7.11 Å². The van der Waals surface area contributed by atoms with Crippen molar-refractivity contribution >= 4 is 12.1 Å². The van der Waals surface area contributed by atoms with Crippen molar-refractivity contribution in [1.29, 1.82) is 0 Å². The molecule has 0 saturated heterocycles. The van der Waals surface area contributed by atoms with E-state index in [1.165, 1.54) is 13.2 Å². The van der Waals surface area contributed by atoms with Gasteiger partial charge in [0.2, 0.25) is 0 Å². The third-order valence-electron chi connectivity index (χ3n) is 6.40. The molecule has 206 valence electrons. The van der Waals surface area contributed by atoms with Gasteiger partial charge >= 0.3 is 18.2 Å². The van der Waals surface area contributed by atoms with E-state index in [4.69, 9.17) is 14.2 Å². The molecule has 0 aliphatic heterocycles. The first-order chi connectivity index (χ1) is 18.3. The number of alkyl carbamates (subject to hydrolysis) is 1. The van der Waals surface area contributed by atoms with Gasteiger partial charge in [-0.2, -0.15) is 13.2 Å². The van der Waals surface area contributed by atoms with Gasteiger partial charge in [0.05, 0.1) is 12.7 Å². The number of esters is 1. The summed E-state index contributed by atoms with van der Waals surface area (Å²) in [6.07, 6.45) is -4.12. The van der Waals surface area contributed by atoms with Crippen molar-refractivity contribution in [1.82, 2.24) is 5.32 Å². The maximum Gasteiger partial charge on any atom is 0.416 e. The number of carbonyl (C=O) groups excluding carboxylic acids is 2. The quantitative estimate of drug-likeness (QED) is 0.349. The highest BCUT2D eigenvalue weighted by Gasteiger charge is 2.45. The van der Waals surface area contributed by atoms with Crippen LogP contribution >= 0.6 is 0 Å². The smallest absolute Gasteiger partial charge is 0.416 e. The number of ether oxygens (including phenoxy) is 3. The molecule has 1 aliphatic rings. The summed E-state index contributed by atoms with van der Waals surface area (Å²) in [6.45, 7) is 5.21. The lowest BCUT2D eigenvalue weighted by molar-refractivity contribution is -0.149. The molecule has 0 spiro atoms. The molecule has 1 unspecified atom stereocenters. The highest BCUT2D eigenvalue weighted by atomic mass is 19.4. The van der Waals surface area contributed by atoms with Crippen LogP contribution in [0.1, 0.15) is 43.9 Å². The van der Waals surface area contributed by atoms with Crippen LogP contribution in [0.25, 0.3) is 11.1 Å². The Hall–Kier alpha value is -4.01. The molecular formula is C30H30F3NO5. The number of aryl methyl sites for hydroxylation is 1. The lowest BCUT2D eigenvalue weighted by atomic mass is 9.78. The number of benzene rings is 3. The molecule has 3 aromatic carbocycles. The van der Waals surface area contributed by atoms with Crippen LogP contribution in [0, 0.1) is 0 Å². The molecule has 0 fully saturated rings. The third-order valence-corrected chi connectivity index (χ3v) is 6.40. The fourth-order valence-corrected chi connectivity index (χ4v) is 4.61. The standard InChI is InChI=1S/C30H30F3NO5/c1-28(2,3)39-27(36)34-29(26(35)37-4)14-13-19-11-12-25(17-22(19)18-29)38-24-10-6-8-21(16-24)20-7-5-9-23(15-20)30(31,32)33/h5-12,15-17H,13-14,18H2,1-4H3,(H,34,36). The Morgan fingerprint density at radius 1 is 0.872 bits per heavy atom. The fraction of sp³-hybridized carbons (Fsp3) is 0.333. The normalized spacial score (nSPS) is 17.1. The minimum atomic E-state index is -4.44. The van der Waals surface area contributed by atoms with E-state index in [0.717, 1.165) is 23.3 Å². The van der Waals surface area contributed by atoms with Crippen LogP contribution in [0.4, 0.5) is 18.0 Å². The second-order valence-electron chi connectivity index (χ2n) is 10.5. The van der Waals surface area contributed by atoms with E-state index in [1.807, 2.05) is 6.07 Å². The maximum absolute atomic E-state index is 13.2. The largest absolute Gasteiger partial charge is 0.467 e. The Balaban J connectivity index is 1.57. The van der Waals surface area contributed by atoms with Crippen LogP contribution in [0.15, 0.2) is 66.7 Å². The average Bonchev–Trinajstić information content (AvgIpc) is 2.86. The molecule has 1 N–H and O–H groups in total.